The van der Waals surface area contributed by atoms with Crippen molar-refractivity contribution < 1.29 is 13.2 Å². The van der Waals surface area contributed by atoms with Gasteiger partial charge in [-0.3, -0.25) is 9.80 Å². The minimum Gasteiger partial charge on any atom is -0.494 e. The molecule has 0 spiro atoms. The molecule has 0 radical (unpaired) electrons. The van der Waals surface area contributed by atoms with Crippen molar-refractivity contribution in [2.45, 2.75) is 6.54 Å². The second-order valence-electron chi connectivity index (χ2n) is 6.58. The Morgan fingerprint density at radius 2 is 1.80 bits per heavy atom. The van der Waals surface area contributed by atoms with Crippen molar-refractivity contribution in [1.29, 1.82) is 0 Å². The lowest BCUT2D eigenvalue weighted by Crippen LogP contribution is -2.47. The van der Waals surface area contributed by atoms with Gasteiger partial charge >= 0.3 is 0 Å². The lowest BCUT2D eigenvalue weighted by molar-refractivity contribution is 0.131. The molecule has 0 bridgehead atoms. The quantitative estimate of drug-likeness (QED) is 0.773. The highest BCUT2D eigenvalue weighted by Crippen LogP contribution is 2.24. The van der Waals surface area contributed by atoms with Gasteiger partial charge in [0, 0.05) is 50.9 Å². The summed E-state index contributed by atoms with van der Waals surface area (Å²) in [6, 6.07) is 10.1. The van der Waals surface area contributed by atoms with Crippen LogP contribution in [-0.4, -0.2) is 75.0 Å². The van der Waals surface area contributed by atoms with E-state index in [9.17, 15) is 8.42 Å². The summed E-state index contributed by atoms with van der Waals surface area (Å²) in [5, 5.41) is 1.08. The molecule has 3 rings (SSSR count). The molecule has 25 heavy (non-hydrogen) atoms. The smallest absolute Gasteiger partial charge is 0.148 e. The number of rotatable bonds is 6. The summed E-state index contributed by atoms with van der Waals surface area (Å²) in [5.74, 6) is 1.03. The molecular weight excluding hydrogens is 338 g/mol. The predicted octanol–water partition coefficient (Wildman–Crippen LogP) is 1.41. The van der Waals surface area contributed by atoms with Crippen LogP contribution >= 0.6 is 0 Å². The zero-order valence-electron chi connectivity index (χ0n) is 14.8. The first-order valence-corrected chi connectivity index (χ1v) is 10.6. The van der Waals surface area contributed by atoms with Gasteiger partial charge in [0.15, 0.2) is 0 Å². The fraction of sp³-hybridized carbons (Fsp3) is 0.500. The fourth-order valence-corrected chi connectivity index (χ4v) is 3.70. The van der Waals surface area contributed by atoms with Crippen LogP contribution in [0.4, 0.5) is 0 Å². The molecule has 0 unspecified atom stereocenters. The minimum absolute atomic E-state index is 0.235. The zero-order valence-corrected chi connectivity index (χ0v) is 15.6. The lowest BCUT2D eigenvalue weighted by atomic mass is 10.2. The largest absolute Gasteiger partial charge is 0.494 e. The second kappa shape index (κ2) is 7.68. The Morgan fingerprint density at radius 3 is 2.48 bits per heavy atom. The first-order valence-electron chi connectivity index (χ1n) is 8.50. The van der Waals surface area contributed by atoms with Crippen molar-refractivity contribution in [1.82, 2.24) is 14.8 Å². The maximum atomic E-state index is 11.3. The van der Waals surface area contributed by atoms with E-state index >= 15 is 0 Å². The second-order valence-corrected chi connectivity index (χ2v) is 8.84. The molecule has 0 amide bonds. The highest BCUT2D eigenvalue weighted by atomic mass is 32.2. The number of hydrogen-bond acceptors (Lipinski definition) is 6. The van der Waals surface area contributed by atoms with Crippen LogP contribution in [0.1, 0.15) is 5.69 Å². The van der Waals surface area contributed by atoms with Gasteiger partial charge in [0.2, 0.25) is 0 Å². The van der Waals surface area contributed by atoms with E-state index in [-0.39, 0.29) is 5.75 Å². The van der Waals surface area contributed by atoms with E-state index in [1.807, 2.05) is 18.2 Å². The van der Waals surface area contributed by atoms with E-state index in [1.54, 1.807) is 7.11 Å². The number of piperazine rings is 1. The maximum absolute atomic E-state index is 11.3. The third kappa shape index (κ3) is 4.90. The standard InChI is InChI=1S/C18H25N3O3S/c1-24-17-5-3-4-15-6-7-16(19-18(15)17)14-21-10-8-20(9-11-21)12-13-25(2,22)23/h3-7H,8-14H2,1-2H3. The molecule has 1 fully saturated rings. The highest BCUT2D eigenvalue weighted by molar-refractivity contribution is 7.90. The van der Waals surface area contributed by atoms with Crippen molar-refractivity contribution in [3.05, 3.63) is 36.0 Å². The van der Waals surface area contributed by atoms with Crippen molar-refractivity contribution in [2.75, 3.05) is 51.8 Å². The molecule has 0 saturated carbocycles. The van der Waals surface area contributed by atoms with E-state index in [1.165, 1.54) is 6.26 Å². The molecule has 2 heterocycles. The molecule has 1 aromatic heterocycles. The summed E-state index contributed by atoms with van der Waals surface area (Å²) in [7, 11) is -1.22. The van der Waals surface area contributed by atoms with Gasteiger partial charge in [0.05, 0.1) is 18.6 Å². The van der Waals surface area contributed by atoms with Gasteiger partial charge < -0.3 is 4.74 Å². The number of ether oxygens (including phenoxy) is 1. The Morgan fingerprint density at radius 1 is 1.08 bits per heavy atom. The number of pyridine rings is 1. The van der Waals surface area contributed by atoms with Crippen LogP contribution < -0.4 is 4.74 Å². The molecule has 1 aromatic carbocycles. The van der Waals surface area contributed by atoms with E-state index < -0.39 is 9.84 Å². The van der Waals surface area contributed by atoms with Crippen LogP contribution in [0.3, 0.4) is 0 Å². The van der Waals surface area contributed by atoms with Crippen molar-refractivity contribution in [3.8, 4) is 5.75 Å². The fourth-order valence-electron chi connectivity index (χ4n) is 3.11. The Balaban J connectivity index is 1.59. The molecule has 136 valence electrons. The Hall–Kier alpha value is -1.70. The third-order valence-electron chi connectivity index (χ3n) is 4.59. The summed E-state index contributed by atoms with van der Waals surface area (Å²) in [6.45, 7) is 5.07. The monoisotopic (exact) mass is 363 g/mol. The Kier molecular flexibility index (Phi) is 5.56. The summed E-state index contributed by atoms with van der Waals surface area (Å²) in [5.41, 5.74) is 1.93. The minimum atomic E-state index is -2.89. The van der Waals surface area contributed by atoms with Crippen molar-refractivity contribution in [3.63, 3.8) is 0 Å². The van der Waals surface area contributed by atoms with Crippen LogP contribution in [0.5, 0.6) is 5.75 Å². The van der Waals surface area contributed by atoms with E-state index in [4.69, 9.17) is 9.72 Å². The normalized spacial score (nSPS) is 17.0. The van der Waals surface area contributed by atoms with Gasteiger partial charge in [-0.25, -0.2) is 13.4 Å². The van der Waals surface area contributed by atoms with Gasteiger partial charge in [0.25, 0.3) is 0 Å². The summed E-state index contributed by atoms with van der Waals surface area (Å²) < 4.78 is 28.0. The van der Waals surface area contributed by atoms with Gasteiger partial charge in [-0.1, -0.05) is 18.2 Å². The Bertz CT molecular complexity index is 831. The van der Waals surface area contributed by atoms with Gasteiger partial charge in [-0.05, 0) is 12.1 Å². The first-order chi connectivity index (χ1) is 11.9. The number of sulfone groups is 1. The van der Waals surface area contributed by atoms with Gasteiger partial charge in [-0.2, -0.15) is 0 Å². The SMILES string of the molecule is COc1cccc2ccc(CN3CCN(CCS(C)(=O)=O)CC3)nc12. The van der Waals surface area contributed by atoms with Crippen LogP contribution in [0, 0.1) is 0 Å². The van der Waals surface area contributed by atoms with Crippen molar-refractivity contribution >= 4 is 20.7 Å². The zero-order chi connectivity index (χ0) is 17.9. The molecular formula is C18H25N3O3S. The number of aromatic nitrogens is 1. The van der Waals surface area contributed by atoms with E-state index in [0.717, 1.165) is 55.1 Å². The molecule has 1 aliphatic rings. The topological polar surface area (TPSA) is 62.7 Å². The van der Waals surface area contributed by atoms with Crippen LogP contribution in [0.25, 0.3) is 10.9 Å². The van der Waals surface area contributed by atoms with E-state index in [2.05, 4.69) is 21.9 Å². The van der Waals surface area contributed by atoms with E-state index in [0.29, 0.717) is 6.54 Å². The number of hydrogen-bond donors (Lipinski definition) is 0. The first kappa shape index (κ1) is 18.1. The third-order valence-corrected chi connectivity index (χ3v) is 5.51. The summed E-state index contributed by atoms with van der Waals surface area (Å²) in [4.78, 5) is 9.35. The average Bonchev–Trinajstić information content (AvgIpc) is 2.60. The van der Waals surface area contributed by atoms with Crippen molar-refractivity contribution in [2.24, 2.45) is 0 Å². The molecule has 0 aliphatic carbocycles. The van der Waals surface area contributed by atoms with Gasteiger partial charge in [0.1, 0.15) is 21.1 Å². The molecule has 1 saturated heterocycles. The number of benzene rings is 1. The molecule has 2 aromatic rings. The molecule has 6 nitrogen and oxygen atoms in total. The summed E-state index contributed by atoms with van der Waals surface area (Å²) >= 11 is 0. The highest BCUT2D eigenvalue weighted by Gasteiger charge is 2.18. The number of fused-ring (bicyclic) bond motifs is 1. The molecule has 1 aliphatic heterocycles. The predicted molar refractivity (Wildman–Crippen MR) is 99.7 cm³/mol. The van der Waals surface area contributed by atoms with Crippen LogP contribution in [0.15, 0.2) is 30.3 Å². The average molecular weight is 363 g/mol. The molecule has 0 N–H and O–H groups in total. The van der Waals surface area contributed by atoms with Gasteiger partial charge in [-0.15, -0.1) is 0 Å². The van der Waals surface area contributed by atoms with Crippen LogP contribution in [-0.2, 0) is 16.4 Å². The number of para-hydroxylation sites is 1. The molecule has 0 atom stereocenters. The van der Waals surface area contributed by atoms with Crippen LogP contribution in [0.2, 0.25) is 0 Å². The number of methoxy groups -OCH3 is 1. The maximum Gasteiger partial charge on any atom is 0.148 e. The molecule has 7 heteroatoms. The summed E-state index contributed by atoms with van der Waals surface area (Å²) in [6.07, 6.45) is 1.29. The lowest BCUT2D eigenvalue weighted by Gasteiger charge is -2.34. The number of nitrogens with zero attached hydrogens (tertiary/aromatic N) is 3. The Labute approximate surface area is 149 Å².